The SMILES string of the molecule is Cc1cc(O)c(C(C)(C)C)c(Cl)c1Cl. The number of aryl methyl sites for hydroxylation is 1. The highest BCUT2D eigenvalue weighted by molar-refractivity contribution is 6.43. The maximum absolute atomic E-state index is 9.79. The van der Waals surface area contributed by atoms with Gasteiger partial charge in [-0.15, -0.1) is 0 Å². The largest absolute Gasteiger partial charge is 0.508 e. The van der Waals surface area contributed by atoms with Crippen LogP contribution >= 0.6 is 23.2 Å². The van der Waals surface area contributed by atoms with E-state index in [0.717, 1.165) is 5.56 Å². The molecule has 0 aliphatic heterocycles. The molecule has 0 amide bonds. The van der Waals surface area contributed by atoms with Crippen molar-refractivity contribution in [2.45, 2.75) is 33.1 Å². The minimum absolute atomic E-state index is 0.210. The fourth-order valence-corrected chi connectivity index (χ4v) is 2.13. The number of phenolic OH excluding ortho intramolecular Hbond substituents is 1. The molecular formula is C11H14Cl2O. The Hall–Kier alpha value is -0.400. The maximum Gasteiger partial charge on any atom is 0.121 e. The van der Waals surface area contributed by atoms with E-state index < -0.39 is 0 Å². The monoisotopic (exact) mass is 232 g/mol. The zero-order valence-electron chi connectivity index (χ0n) is 8.78. The van der Waals surface area contributed by atoms with Crippen LogP contribution in [0.5, 0.6) is 5.75 Å². The number of hydrogen-bond acceptors (Lipinski definition) is 1. The van der Waals surface area contributed by atoms with Crippen LogP contribution in [0.15, 0.2) is 6.07 Å². The summed E-state index contributed by atoms with van der Waals surface area (Å²) in [6.45, 7) is 7.78. The molecule has 0 saturated heterocycles. The summed E-state index contributed by atoms with van der Waals surface area (Å²) >= 11 is 12.1. The standard InChI is InChI=1S/C11H14Cl2O/c1-6-5-7(14)8(11(2,3)4)10(13)9(6)12/h5,14H,1-4H3. The van der Waals surface area contributed by atoms with Crippen LogP contribution in [0.3, 0.4) is 0 Å². The van der Waals surface area contributed by atoms with Crippen LogP contribution < -0.4 is 0 Å². The van der Waals surface area contributed by atoms with Crippen LogP contribution in [0.1, 0.15) is 31.9 Å². The number of hydrogen-bond donors (Lipinski definition) is 1. The normalized spacial score (nSPS) is 11.9. The number of phenols is 1. The zero-order valence-corrected chi connectivity index (χ0v) is 10.3. The van der Waals surface area contributed by atoms with E-state index in [0.29, 0.717) is 15.6 Å². The Morgan fingerprint density at radius 3 is 2.07 bits per heavy atom. The Bertz CT molecular complexity index is 365. The van der Waals surface area contributed by atoms with Crippen LogP contribution in [-0.4, -0.2) is 5.11 Å². The fourth-order valence-electron chi connectivity index (χ4n) is 1.45. The van der Waals surface area contributed by atoms with E-state index in [1.54, 1.807) is 6.07 Å². The molecule has 0 fully saturated rings. The van der Waals surface area contributed by atoms with Gasteiger partial charge in [0.1, 0.15) is 5.75 Å². The molecule has 0 radical (unpaired) electrons. The van der Waals surface area contributed by atoms with E-state index in [4.69, 9.17) is 23.2 Å². The van der Waals surface area contributed by atoms with E-state index >= 15 is 0 Å². The molecule has 0 heterocycles. The minimum atomic E-state index is -0.210. The molecule has 1 aromatic rings. The second-order valence-electron chi connectivity index (χ2n) is 4.47. The third kappa shape index (κ3) is 1.99. The first-order valence-corrected chi connectivity index (χ1v) is 5.18. The van der Waals surface area contributed by atoms with E-state index in [1.165, 1.54) is 0 Å². The summed E-state index contributed by atoms with van der Waals surface area (Å²) in [4.78, 5) is 0. The van der Waals surface area contributed by atoms with Gasteiger partial charge in [-0.1, -0.05) is 44.0 Å². The van der Waals surface area contributed by atoms with Crippen molar-refractivity contribution < 1.29 is 5.11 Å². The van der Waals surface area contributed by atoms with E-state index in [1.807, 2.05) is 27.7 Å². The first kappa shape index (κ1) is 11.7. The van der Waals surface area contributed by atoms with Crippen molar-refractivity contribution in [2.75, 3.05) is 0 Å². The van der Waals surface area contributed by atoms with Gasteiger partial charge < -0.3 is 5.11 Å². The average molecular weight is 233 g/mol. The predicted molar refractivity (Wildman–Crippen MR) is 61.6 cm³/mol. The molecule has 14 heavy (non-hydrogen) atoms. The van der Waals surface area contributed by atoms with Gasteiger partial charge >= 0.3 is 0 Å². The van der Waals surface area contributed by atoms with E-state index in [-0.39, 0.29) is 11.2 Å². The van der Waals surface area contributed by atoms with Gasteiger partial charge in [0.15, 0.2) is 0 Å². The van der Waals surface area contributed by atoms with Gasteiger partial charge in [0.2, 0.25) is 0 Å². The Morgan fingerprint density at radius 2 is 1.64 bits per heavy atom. The molecule has 1 nitrogen and oxygen atoms in total. The number of rotatable bonds is 0. The topological polar surface area (TPSA) is 20.2 Å². The van der Waals surface area contributed by atoms with E-state index in [2.05, 4.69) is 0 Å². The van der Waals surface area contributed by atoms with Crippen molar-refractivity contribution in [3.63, 3.8) is 0 Å². The van der Waals surface area contributed by atoms with Crippen molar-refractivity contribution >= 4 is 23.2 Å². The molecule has 0 unspecified atom stereocenters. The fraction of sp³-hybridized carbons (Fsp3) is 0.455. The lowest BCUT2D eigenvalue weighted by atomic mass is 9.85. The van der Waals surface area contributed by atoms with Crippen molar-refractivity contribution in [3.05, 3.63) is 27.2 Å². The molecule has 0 aromatic heterocycles. The van der Waals surface area contributed by atoms with E-state index in [9.17, 15) is 5.11 Å². The van der Waals surface area contributed by atoms with Crippen LogP contribution in [0.4, 0.5) is 0 Å². The second kappa shape index (κ2) is 3.63. The molecule has 0 bridgehead atoms. The third-order valence-corrected chi connectivity index (χ3v) is 3.08. The molecule has 0 atom stereocenters. The van der Waals surface area contributed by atoms with Crippen LogP contribution in [0.25, 0.3) is 0 Å². The second-order valence-corrected chi connectivity index (χ2v) is 5.22. The molecular weight excluding hydrogens is 219 g/mol. The van der Waals surface area contributed by atoms with Crippen LogP contribution in [0.2, 0.25) is 10.0 Å². The van der Waals surface area contributed by atoms with Gasteiger partial charge in [0.05, 0.1) is 10.0 Å². The summed E-state index contributed by atoms with van der Waals surface area (Å²) in [6.07, 6.45) is 0. The average Bonchev–Trinajstić information content (AvgIpc) is 1.97. The summed E-state index contributed by atoms with van der Waals surface area (Å²) < 4.78 is 0. The van der Waals surface area contributed by atoms with Crippen molar-refractivity contribution in [1.29, 1.82) is 0 Å². The number of aromatic hydroxyl groups is 1. The Kier molecular flexibility index (Phi) is 3.03. The Labute approximate surface area is 94.7 Å². The third-order valence-electron chi connectivity index (χ3n) is 2.12. The summed E-state index contributed by atoms with van der Waals surface area (Å²) in [5.74, 6) is 0.212. The smallest absolute Gasteiger partial charge is 0.121 e. The molecule has 0 spiro atoms. The molecule has 3 heteroatoms. The van der Waals surface area contributed by atoms with Gasteiger partial charge in [0, 0.05) is 5.56 Å². The predicted octanol–water partition coefficient (Wildman–Crippen LogP) is 4.30. The van der Waals surface area contributed by atoms with Crippen molar-refractivity contribution in [1.82, 2.24) is 0 Å². The van der Waals surface area contributed by atoms with Gasteiger partial charge in [0.25, 0.3) is 0 Å². The summed E-state index contributed by atoms with van der Waals surface area (Å²) in [5, 5.41) is 10.8. The first-order chi connectivity index (χ1) is 6.25. The highest BCUT2D eigenvalue weighted by Crippen LogP contribution is 2.41. The lowest BCUT2D eigenvalue weighted by Crippen LogP contribution is -2.12. The number of benzene rings is 1. The molecule has 1 aromatic carbocycles. The van der Waals surface area contributed by atoms with Crippen molar-refractivity contribution in [3.8, 4) is 5.75 Å². The molecule has 0 aliphatic rings. The van der Waals surface area contributed by atoms with Gasteiger partial charge in [-0.05, 0) is 24.0 Å². The molecule has 1 rings (SSSR count). The highest BCUT2D eigenvalue weighted by atomic mass is 35.5. The number of halogens is 2. The summed E-state index contributed by atoms with van der Waals surface area (Å²) in [6, 6.07) is 1.65. The molecule has 0 aliphatic carbocycles. The van der Waals surface area contributed by atoms with Crippen LogP contribution in [0, 0.1) is 6.92 Å². The summed E-state index contributed by atoms with van der Waals surface area (Å²) in [5.41, 5.74) is 1.29. The van der Waals surface area contributed by atoms with Gasteiger partial charge in [-0.25, -0.2) is 0 Å². The molecule has 0 saturated carbocycles. The molecule has 1 N–H and O–H groups in total. The Balaban J connectivity index is 3.53. The quantitative estimate of drug-likeness (QED) is 0.708. The Morgan fingerprint density at radius 1 is 1.14 bits per heavy atom. The van der Waals surface area contributed by atoms with Crippen LogP contribution in [-0.2, 0) is 5.41 Å². The van der Waals surface area contributed by atoms with Gasteiger partial charge in [-0.2, -0.15) is 0 Å². The highest BCUT2D eigenvalue weighted by Gasteiger charge is 2.24. The summed E-state index contributed by atoms with van der Waals surface area (Å²) in [7, 11) is 0. The van der Waals surface area contributed by atoms with Gasteiger partial charge in [-0.3, -0.25) is 0 Å². The minimum Gasteiger partial charge on any atom is -0.508 e. The lowest BCUT2D eigenvalue weighted by molar-refractivity contribution is 0.446. The maximum atomic E-state index is 9.79. The van der Waals surface area contributed by atoms with Crippen molar-refractivity contribution in [2.24, 2.45) is 0 Å². The first-order valence-electron chi connectivity index (χ1n) is 4.43. The lowest BCUT2D eigenvalue weighted by Gasteiger charge is -2.23. The molecule has 78 valence electrons. The zero-order chi connectivity index (χ0) is 11.1.